The molecule has 0 aliphatic rings. The first-order chi connectivity index (χ1) is 8.54. The first-order valence-corrected chi connectivity index (χ1v) is 6.56. The summed E-state index contributed by atoms with van der Waals surface area (Å²) in [5.41, 5.74) is 7.31. The molecule has 0 spiro atoms. The minimum Gasteiger partial charge on any atom is -1.00 e. The number of carboxylic acid groups (broad SMARTS) is 2. The maximum Gasteiger partial charge on any atom is 0.303 e. The standard InChI is InChI=1S/2C6H13NO2.2HI.H2O/c2*7-5-3-1-2-4-6(8)9;;;/h2*1-5,7H2,(H,8,9);2*1H;1H2. The molecule has 9 heteroatoms. The van der Waals surface area contributed by atoms with Crippen LogP contribution in [0.25, 0.3) is 0 Å². The predicted octanol–water partition coefficient (Wildman–Crippen LogP) is -7.07. The Morgan fingerprint density at radius 1 is 0.667 bits per heavy atom. The summed E-state index contributed by atoms with van der Waals surface area (Å²) in [4.78, 5) is 19.9. The number of aliphatic carboxylic acids is 2. The van der Waals surface area contributed by atoms with Gasteiger partial charge in [0.15, 0.2) is 0 Å². The van der Waals surface area contributed by atoms with E-state index in [4.69, 9.17) is 10.2 Å². The van der Waals surface area contributed by atoms with Gasteiger partial charge >= 0.3 is 11.9 Å². The summed E-state index contributed by atoms with van der Waals surface area (Å²) < 4.78 is 0. The van der Waals surface area contributed by atoms with Crippen LogP contribution in [-0.4, -0.2) is 40.7 Å². The molecule has 0 atom stereocenters. The highest BCUT2D eigenvalue weighted by Crippen LogP contribution is 1.97. The van der Waals surface area contributed by atoms with E-state index in [1.165, 1.54) is 0 Å². The van der Waals surface area contributed by atoms with Crippen LogP contribution in [0, 0.1) is 0 Å². The molecule has 21 heavy (non-hydrogen) atoms. The average molecular weight is 536 g/mol. The Balaban J connectivity index is -0.0000000711. The number of halogens is 2. The van der Waals surface area contributed by atoms with Gasteiger partial charge in [-0.15, -0.1) is 0 Å². The highest BCUT2D eigenvalue weighted by Gasteiger charge is 1.95. The number of rotatable bonds is 10. The van der Waals surface area contributed by atoms with E-state index in [0.717, 1.165) is 51.6 Å². The molecule has 0 aromatic carbocycles. The molecule has 0 heterocycles. The fourth-order valence-corrected chi connectivity index (χ4v) is 1.26. The van der Waals surface area contributed by atoms with Crippen LogP contribution in [0.1, 0.15) is 51.4 Å². The first-order valence-electron chi connectivity index (χ1n) is 6.56. The quantitative estimate of drug-likeness (QED) is 0.161. The van der Waals surface area contributed by atoms with Crippen LogP contribution in [-0.2, 0) is 9.59 Å². The molecule has 0 unspecified atom stereocenters. The summed E-state index contributed by atoms with van der Waals surface area (Å²) in [6, 6.07) is 0. The molecule has 0 aliphatic heterocycles. The van der Waals surface area contributed by atoms with Gasteiger partial charge in [0.2, 0.25) is 0 Å². The van der Waals surface area contributed by atoms with E-state index in [1.54, 1.807) is 0 Å². The van der Waals surface area contributed by atoms with Gasteiger partial charge in [-0.3, -0.25) is 9.59 Å². The van der Waals surface area contributed by atoms with Crippen molar-refractivity contribution in [2.75, 3.05) is 13.1 Å². The Hall–Kier alpha value is 0.280. The van der Waals surface area contributed by atoms with Crippen LogP contribution in [0.15, 0.2) is 0 Å². The van der Waals surface area contributed by atoms with Gasteiger partial charge in [0.1, 0.15) is 0 Å². The molecule has 0 aromatic rings. The Kier molecular flexibility index (Phi) is 44.7. The molecule has 132 valence electrons. The third-order valence-electron chi connectivity index (χ3n) is 2.28. The van der Waals surface area contributed by atoms with Crippen LogP contribution >= 0.6 is 0 Å². The molecule has 0 aromatic heterocycles. The zero-order valence-corrected chi connectivity index (χ0v) is 16.8. The largest absolute Gasteiger partial charge is 1.00 e. The van der Waals surface area contributed by atoms with Gasteiger partial charge in [0, 0.05) is 12.8 Å². The third kappa shape index (κ3) is 44.9. The lowest BCUT2D eigenvalue weighted by Crippen LogP contribution is -3.00. The molecule has 0 amide bonds. The fraction of sp³-hybridized carbons (Fsp3) is 0.833. The summed E-state index contributed by atoms with van der Waals surface area (Å²) in [7, 11) is 0. The van der Waals surface area contributed by atoms with Gasteiger partial charge in [0.25, 0.3) is 0 Å². The van der Waals surface area contributed by atoms with E-state index >= 15 is 0 Å². The summed E-state index contributed by atoms with van der Waals surface area (Å²) in [6.45, 7) is 1.83. The van der Waals surface area contributed by atoms with Gasteiger partial charge < -0.3 is 75.1 Å². The van der Waals surface area contributed by atoms with Crippen LogP contribution in [0.4, 0.5) is 0 Å². The van der Waals surface area contributed by atoms with Crippen LogP contribution in [0.3, 0.4) is 0 Å². The van der Waals surface area contributed by atoms with Gasteiger partial charge in [-0.1, -0.05) is 0 Å². The Morgan fingerprint density at radius 2 is 0.952 bits per heavy atom. The number of hydrogen-bond donors (Lipinski definition) is 4. The Morgan fingerprint density at radius 3 is 1.14 bits per heavy atom. The van der Waals surface area contributed by atoms with E-state index in [2.05, 4.69) is 11.5 Å². The number of carboxylic acids is 2. The molecule has 0 saturated carbocycles. The molecule has 0 fully saturated rings. The number of unbranched alkanes of at least 4 members (excludes halogenated alkanes) is 4. The van der Waals surface area contributed by atoms with E-state index in [9.17, 15) is 9.59 Å². The van der Waals surface area contributed by atoms with Crippen molar-refractivity contribution in [1.29, 1.82) is 0 Å². The third-order valence-corrected chi connectivity index (χ3v) is 2.28. The van der Waals surface area contributed by atoms with Crippen molar-refractivity contribution in [3.8, 4) is 0 Å². The maximum absolute atomic E-state index is 9.95. The second-order valence-electron chi connectivity index (χ2n) is 4.12. The molecular formula is C12H30I2N2O5. The minimum absolute atomic E-state index is 0. The van der Waals surface area contributed by atoms with E-state index < -0.39 is 11.9 Å². The molecule has 0 rings (SSSR count). The Bertz CT molecular complexity index is 200. The lowest BCUT2D eigenvalue weighted by atomic mass is 10.2. The molecular weight excluding hydrogens is 506 g/mol. The summed E-state index contributed by atoms with van der Waals surface area (Å²) in [5, 5.41) is 16.4. The van der Waals surface area contributed by atoms with Gasteiger partial charge in [-0.2, -0.15) is 0 Å². The first kappa shape index (κ1) is 33.0. The van der Waals surface area contributed by atoms with Crippen molar-refractivity contribution in [3.05, 3.63) is 0 Å². The lowest BCUT2D eigenvalue weighted by Gasteiger charge is -1.91. The van der Waals surface area contributed by atoms with Crippen molar-refractivity contribution in [2.24, 2.45) is 0 Å². The van der Waals surface area contributed by atoms with E-state index in [-0.39, 0.29) is 53.4 Å². The monoisotopic (exact) mass is 536 g/mol. The predicted molar refractivity (Wildman–Crippen MR) is 71.3 cm³/mol. The second-order valence-corrected chi connectivity index (χ2v) is 4.12. The molecule has 0 saturated heterocycles. The maximum atomic E-state index is 9.95. The summed E-state index contributed by atoms with van der Waals surface area (Å²) >= 11 is 0. The van der Waals surface area contributed by atoms with Crippen LogP contribution in [0.2, 0.25) is 0 Å². The number of quaternary nitrogens is 2. The zero-order valence-electron chi connectivity index (χ0n) is 12.5. The summed E-state index contributed by atoms with van der Waals surface area (Å²) in [5.74, 6) is -1.39. The summed E-state index contributed by atoms with van der Waals surface area (Å²) in [6.07, 6.45) is 6.29. The molecule has 0 bridgehead atoms. The van der Waals surface area contributed by atoms with E-state index in [0.29, 0.717) is 12.8 Å². The van der Waals surface area contributed by atoms with Crippen LogP contribution < -0.4 is 59.4 Å². The normalized spacial score (nSPS) is 8.10. The minimum atomic E-state index is -0.695. The van der Waals surface area contributed by atoms with Crippen molar-refractivity contribution >= 4 is 11.9 Å². The van der Waals surface area contributed by atoms with E-state index in [1.807, 2.05) is 0 Å². The highest BCUT2D eigenvalue weighted by molar-refractivity contribution is 5.66. The zero-order chi connectivity index (χ0) is 14.2. The lowest BCUT2D eigenvalue weighted by molar-refractivity contribution is -0.368. The number of carbonyl (C=O) groups is 2. The fourth-order valence-electron chi connectivity index (χ4n) is 1.26. The molecule has 10 N–H and O–H groups in total. The molecule has 7 nitrogen and oxygen atoms in total. The molecule has 0 radical (unpaired) electrons. The topological polar surface area (TPSA) is 161 Å². The van der Waals surface area contributed by atoms with Crippen molar-refractivity contribution in [1.82, 2.24) is 0 Å². The second kappa shape index (κ2) is 28.4. The Labute approximate surface area is 160 Å². The van der Waals surface area contributed by atoms with Crippen molar-refractivity contribution < 1.29 is 84.7 Å². The highest BCUT2D eigenvalue weighted by atomic mass is 127. The number of hydrogen-bond acceptors (Lipinski definition) is 2. The average Bonchev–Trinajstić information content (AvgIpc) is 2.31. The van der Waals surface area contributed by atoms with Gasteiger partial charge in [-0.05, 0) is 38.5 Å². The van der Waals surface area contributed by atoms with Gasteiger partial charge in [-0.25, -0.2) is 0 Å². The SMILES string of the molecule is O.[I-].[I-].[NH3+]CCCCCC(=O)O.[NH3+]CCCCCC(=O)O. The van der Waals surface area contributed by atoms with Crippen molar-refractivity contribution in [2.45, 2.75) is 51.4 Å². The van der Waals surface area contributed by atoms with Gasteiger partial charge in [0.05, 0.1) is 13.1 Å². The van der Waals surface area contributed by atoms with Crippen molar-refractivity contribution in [3.63, 3.8) is 0 Å². The molecule has 0 aliphatic carbocycles. The van der Waals surface area contributed by atoms with Crippen LogP contribution in [0.5, 0.6) is 0 Å². The smallest absolute Gasteiger partial charge is 0.303 e.